The largest absolute Gasteiger partial charge is 0.481 e. The highest BCUT2D eigenvalue weighted by Crippen LogP contribution is 2.68. The third-order valence-corrected chi connectivity index (χ3v) is 11.4. The molecule has 13 atom stereocenters. The van der Waals surface area contributed by atoms with Crippen LogP contribution in [0.25, 0.3) is 0 Å². The molecule has 0 spiro atoms. The number of carbonyl (C=O) groups is 1. The lowest BCUT2D eigenvalue weighted by molar-refractivity contribution is -0.208. The quantitative estimate of drug-likeness (QED) is 0.409. The van der Waals surface area contributed by atoms with Crippen LogP contribution in [0.4, 0.5) is 0 Å². The van der Waals surface area contributed by atoms with Crippen LogP contribution in [-0.2, 0) is 4.79 Å². The van der Waals surface area contributed by atoms with Gasteiger partial charge >= 0.3 is 5.97 Å². The van der Waals surface area contributed by atoms with E-state index in [4.69, 9.17) is 0 Å². The zero-order chi connectivity index (χ0) is 24.3. The summed E-state index contributed by atoms with van der Waals surface area (Å²) in [5.41, 5.74) is -0.292. The first kappa shape index (κ1) is 25.4. The number of hydrogen-bond donors (Lipinski definition) is 5. The number of aliphatic carboxylic acids is 1. The van der Waals surface area contributed by atoms with Crippen LogP contribution in [0.5, 0.6) is 0 Å². The van der Waals surface area contributed by atoms with Crippen molar-refractivity contribution < 1.29 is 30.3 Å². The molecule has 0 saturated heterocycles. The van der Waals surface area contributed by atoms with Crippen LogP contribution in [0.1, 0.15) is 85.5 Å². The molecule has 0 aromatic heterocycles. The number of aliphatic hydroxyl groups is 4. The average molecular weight is 467 g/mol. The molecule has 1 unspecified atom stereocenters. The molecule has 0 aromatic carbocycles. The van der Waals surface area contributed by atoms with Crippen molar-refractivity contribution in [3.05, 3.63) is 0 Å². The van der Waals surface area contributed by atoms with Gasteiger partial charge in [0.25, 0.3) is 0 Å². The van der Waals surface area contributed by atoms with Crippen LogP contribution in [-0.4, -0.2) is 55.9 Å². The van der Waals surface area contributed by atoms with E-state index < -0.39 is 30.2 Å². The van der Waals surface area contributed by atoms with Gasteiger partial charge in [-0.2, -0.15) is 0 Å². The number of hydrogen-bond acceptors (Lipinski definition) is 5. The Morgan fingerprint density at radius 3 is 2.33 bits per heavy atom. The Kier molecular flexibility index (Phi) is 6.98. The van der Waals surface area contributed by atoms with Gasteiger partial charge in [0.15, 0.2) is 0 Å². The van der Waals surface area contributed by atoms with Crippen molar-refractivity contribution in [2.75, 3.05) is 0 Å². The second-order valence-corrected chi connectivity index (χ2v) is 12.8. The first-order valence-corrected chi connectivity index (χ1v) is 13.4. The van der Waals surface area contributed by atoms with E-state index in [1.54, 1.807) is 6.92 Å². The minimum absolute atomic E-state index is 0.0268. The van der Waals surface area contributed by atoms with Gasteiger partial charge in [0.1, 0.15) is 0 Å². The summed E-state index contributed by atoms with van der Waals surface area (Å²) in [5, 5.41) is 53.4. The molecule has 0 aromatic rings. The van der Waals surface area contributed by atoms with E-state index in [-0.39, 0.29) is 46.5 Å². The molecular formula is C27H46O6. The first-order chi connectivity index (χ1) is 15.4. The molecule has 0 aliphatic heterocycles. The number of fused-ring (bicyclic) bond motifs is 5. The molecule has 6 heteroatoms. The van der Waals surface area contributed by atoms with Crippen molar-refractivity contribution in [3.8, 4) is 0 Å². The van der Waals surface area contributed by atoms with Crippen LogP contribution >= 0.6 is 0 Å². The summed E-state index contributed by atoms with van der Waals surface area (Å²) < 4.78 is 0. The SMILES string of the molecule is CC(CC[C@H](O)[C@@H](C)[C@H]1CC[C@H]2[C@@H]3[C@H](O)C[C@@H]4C[C@H](O)CC[C@]4(C)[C@H]3C[C@H](O)[C@]12C)C(=O)O. The maximum Gasteiger partial charge on any atom is 0.306 e. The zero-order valence-electron chi connectivity index (χ0n) is 20.9. The summed E-state index contributed by atoms with van der Waals surface area (Å²) in [7, 11) is 0. The van der Waals surface area contributed by atoms with Crippen molar-refractivity contribution in [1.29, 1.82) is 0 Å². The Labute approximate surface area is 198 Å². The third kappa shape index (κ3) is 4.07. The molecule has 0 heterocycles. The molecule has 4 fully saturated rings. The topological polar surface area (TPSA) is 118 Å². The van der Waals surface area contributed by atoms with Crippen LogP contribution in [0.3, 0.4) is 0 Å². The monoisotopic (exact) mass is 466 g/mol. The summed E-state index contributed by atoms with van der Waals surface area (Å²) in [5.74, 6) is -0.213. The Balaban J connectivity index is 1.54. The third-order valence-electron chi connectivity index (χ3n) is 11.4. The van der Waals surface area contributed by atoms with Crippen molar-refractivity contribution in [1.82, 2.24) is 0 Å². The normalized spacial score (nSPS) is 49.9. The highest BCUT2D eigenvalue weighted by atomic mass is 16.4. The van der Waals surface area contributed by atoms with Crippen LogP contribution in [0.2, 0.25) is 0 Å². The van der Waals surface area contributed by atoms with E-state index in [1.807, 2.05) is 0 Å². The summed E-state index contributed by atoms with van der Waals surface area (Å²) in [4.78, 5) is 11.2. The predicted octanol–water partition coefficient (Wildman–Crippen LogP) is 3.45. The van der Waals surface area contributed by atoms with E-state index in [1.165, 1.54) is 0 Å². The molecule has 6 nitrogen and oxygen atoms in total. The molecule has 4 rings (SSSR count). The van der Waals surface area contributed by atoms with E-state index in [0.29, 0.717) is 25.2 Å². The highest BCUT2D eigenvalue weighted by molar-refractivity contribution is 5.69. The second kappa shape index (κ2) is 9.07. The fraction of sp³-hybridized carbons (Fsp3) is 0.963. The zero-order valence-corrected chi connectivity index (χ0v) is 20.9. The fourth-order valence-electron chi connectivity index (χ4n) is 9.14. The van der Waals surface area contributed by atoms with Gasteiger partial charge in [-0.3, -0.25) is 4.79 Å². The van der Waals surface area contributed by atoms with Gasteiger partial charge in [-0.25, -0.2) is 0 Å². The summed E-state index contributed by atoms with van der Waals surface area (Å²) in [6.07, 6.45) is 5.03. The number of aliphatic hydroxyl groups excluding tert-OH is 4. The minimum Gasteiger partial charge on any atom is -0.481 e. The molecule has 0 amide bonds. The fourth-order valence-corrected chi connectivity index (χ4v) is 9.14. The highest BCUT2D eigenvalue weighted by Gasteiger charge is 2.66. The lowest BCUT2D eigenvalue weighted by Gasteiger charge is -2.63. The Bertz CT molecular complexity index is 727. The lowest BCUT2D eigenvalue weighted by Crippen LogP contribution is -2.62. The van der Waals surface area contributed by atoms with Gasteiger partial charge < -0.3 is 25.5 Å². The van der Waals surface area contributed by atoms with Crippen LogP contribution < -0.4 is 0 Å². The summed E-state index contributed by atoms with van der Waals surface area (Å²) >= 11 is 0. The van der Waals surface area contributed by atoms with E-state index in [9.17, 15) is 30.3 Å². The molecule has 5 N–H and O–H groups in total. The Hall–Kier alpha value is -0.690. The average Bonchev–Trinajstić information content (AvgIpc) is 3.11. The van der Waals surface area contributed by atoms with E-state index in [2.05, 4.69) is 20.8 Å². The van der Waals surface area contributed by atoms with Crippen LogP contribution in [0, 0.1) is 52.3 Å². The van der Waals surface area contributed by atoms with E-state index in [0.717, 1.165) is 38.5 Å². The number of rotatable bonds is 6. The molecule has 33 heavy (non-hydrogen) atoms. The van der Waals surface area contributed by atoms with Gasteiger partial charge in [-0.05, 0) is 104 Å². The molecule has 0 radical (unpaired) electrons. The van der Waals surface area contributed by atoms with Gasteiger partial charge in [-0.15, -0.1) is 0 Å². The molecule has 4 aliphatic rings. The Morgan fingerprint density at radius 2 is 1.67 bits per heavy atom. The maximum absolute atomic E-state index is 11.6. The lowest BCUT2D eigenvalue weighted by atomic mass is 9.43. The predicted molar refractivity (Wildman–Crippen MR) is 125 cm³/mol. The van der Waals surface area contributed by atoms with Gasteiger partial charge in [0, 0.05) is 0 Å². The smallest absolute Gasteiger partial charge is 0.306 e. The molecule has 0 bridgehead atoms. The minimum atomic E-state index is -0.829. The van der Waals surface area contributed by atoms with Crippen molar-refractivity contribution >= 4 is 5.97 Å². The molecule has 4 aliphatic carbocycles. The van der Waals surface area contributed by atoms with E-state index >= 15 is 0 Å². The van der Waals surface area contributed by atoms with Crippen LogP contribution in [0.15, 0.2) is 0 Å². The number of carboxylic acids is 1. The second-order valence-electron chi connectivity index (χ2n) is 12.8. The summed E-state index contributed by atoms with van der Waals surface area (Å²) in [6, 6.07) is 0. The maximum atomic E-state index is 11.6. The van der Waals surface area contributed by atoms with Crippen molar-refractivity contribution in [3.63, 3.8) is 0 Å². The standard InChI is InChI=1S/C27H46O6/c1-14(25(32)33)5-8-21(29)15(2)18-6-7-19-24-20(13-23(31)27(18,19)4)26(3)10-9-17(28)11-16(26)12-22(24)30/h14-24,28-31H,5-13H2,1-4H3,(H,32,33)/t14?,15-,16-,17+,18+,19-,20-,21-,22+,23-,24-,26-,27+/m0/s1. The van der Waals surface area contributed by atoms with Crippen molar-refractivity contribution in [2.45, 2.75) is 110 Å². The Morgan fingerprint density at radius 1 is 0.970 bits per heavy atom. The van der Waals surface area contributed by atoms with Crippen molar-refractivity contribution in [2.24, 2.45) is 52.3 Å². The molecule has 4 saturated carbocycles. The van der Waals surface area contributed by atoms with Gasteiger partial charge in [0.2, 0.25) is 0 Å². The first-order valence-electron chi connectivity index (χ1n) is 13.4. The molecular weight excluding hydrogens is 420 g/mol. The van der Waals surface area contributed by atoms with Gasteiger partial charge in [0.05, 0.1) is 30.3 Å². The summed E-state index contributed by atoms with van der Waals surface area (Å²) in [6.45, 7) is 8.26. The molecule has 190 valence electrons. The number of carboxylic acid groups (broad SMARTS) is 1. The van der Waals surface area contributed by atoms with Gasteiger partial charge in [-0.1, -0.05) is 27.7 Å².